The van der Waals surface area contributed by atoms with Gasteiger partial charge in [-0.05, 0) is 47.9 Å². The van der Waals surface area contributed by atoms with Gasteiger partial charge in [-0.1, -0.05) is 30.9 Å². The summed E-state index contributed by atoms with van der Waals surface area (Å²) in [5.41, 5.74) is 3.22. The van der Waals surface area contributed by atoms with Crippen molar-refractivity contribution in [3.05, 3.63) is 65.6 Å². The van der Waals surface area contributed by atoms with Crippen LogP contribution in [0, 0.1) is 17.7 Å². The molecule has 0 saturated carbocycles. The molecular formula is C20H16FNS. The molecule has 0 atom stereocenters. The fourth-order valence-corrected chi connectivity index (χ4v) is 3.35. The lowest BCUT2D eigenvalue weighted by Crippen LogP contribution is -1.80. The van der Waals surface area contributed by atoms with Gasteiger partial charge in [0, 0.05) is 29.3 Å². The molecule has 114 valence electrons. The first kappa shape index (κ1) is 15.5. The van der Waals surface area contributed by atoms with E-state index in [2.05, 4.69) is 29.8 Å². The van der Waals surface area contributed by atoms with Crippen LogP contribution in [0.1, 0.15) is 24.6 Å². The van der Waals surface area contributed by atoms with Gasteiger partial charge in [0.05, 0.1) is 4.88 Å². The molecule has 0 saturated heterocycles. The van der Waals surface area contributed by atoms with Crippen LogP contribution >= 0.6 is 11.3 Å². The summed E-state index contributed by atoms with van der Waals surface area (Å²) in [5, 5.41) is 0. The van der Waals surface area contributed by atoms with E-state index in [0.717, 1.165) is 39.3 Å². The zero-order valence-electron chi connectivity index (χ0n) is 12.8. The van der Waals surface area contributed by atoms with E-state index in [1.54, 1.807) is 23.7 Å². The van der Waals surface area contributed by atoms with Crippen molar-refractivity contribution in [1.82, 2.24) is 4.98 Å². The topological polar surface area (TPSA) is 12.9 Å². The van der Waals surface area contributed by atoms with Crippen molar-refractivity contribution < 1.29 is 4.39 Å². The first-order chi connectivity index (χ1) is 11.3. The van der Waals surface area contributed by atoms with Crippen molar-refractivity contribution >= 4 is 11.3 Å². The molecule has 0 fully saturated rings. The minimum atomic E-state index is -0.223. The van der Waals surface area contributed by atoms with Crippen LogP contribution in [0.5, 0.6) is 0 Å². The van der Waals surface area contributed by atoms with Gasteiger partial charge in [-0.25, -0.2) is 4.39 Å². The van der Waals surface area contributed by atoms with Crippen molar-refractivity contribution in [2.75, 3.05) is 0 Å². The Labute approximate surface area is 139 Å². The van der Waals surface area contributed by atoms with Crippen LogP contribution in [0.25, 0.3) is 21.6 Å². The molecule has 0 spiro atoms. The van der Waals surface area contributed by atoms with Crippen LogP contribution < -0.4 is 0 Å². The van der Waals surface area contributed by atoms with Gasteiger partial charge in [0.25, 0.3) is 0 Å². The van der Waals surface area contributed by atoms with E-state index in [9.17, 15) is 4.39 Å². The lowest BCUT2D eigenvalue weighted by Gasteiger charge is -2.03. The van der Waals surface area contributed by atoms with Crippen molar-refractivity contribution in [3.8, 4) is 33.4 Å². The molecule has 3 rings (SSSR count). The third-order valence-electron chi connectivity index (χ3n) is 3.42. The van der Waals surface area contributed by atoms with E-state index >= 15 is 0 Å². The Hall–Kier alpha value is -2.44. The van der Waals surface area contributed by atoms with Crippen molar-refractivity contribution in [2.45, 2.75) is 19.8 Å². The Morgan fingerprint density at radius 1 is 1.04 bits per heavy atom. The van der Waals surface area contributed by atoms with Crippen LogP contribution in [-0.2, 0) is 0 Å². The number of pyridine rings is 1. The van der Waals surface area contributed by atoms with Crippen LogP contribution in [-0.4, -0.2) is 4.98 Å². The van der Waals surface area contributed by atoms with Crippen molar-refractivity contribution in [3.63, 3.8) is 0 Å². The predicted molar refractivity (Wildman–Crippen MR) is 94.7 cm³/mol. The molecule has 0 amide bonds. The fourth-order valence-electron chi connectivity index (χ4n) is 2.29. The average Bonchev–Trinajstić information content (AvgIpc) is 3.01. The highest BCUT2D eigenvalue weighted by molar-refractivity contribution is 7.16. The molecular weight excluding hydrogens is 305 g/mol. The highest BCUT2D eigenvalue weighted by atomic mass is 32.1. The second-order valence-electron chi connectivity index (χ2n) is 5.15. The first-order valence-corrected chi connectivity index (χ1v) is 8.38. The Balaban J connectivity index is 2.09. The molecule has 0 aliphatic rings. The lowest BCUT2D eigenvalue weighted by atomic mass is 10.0. The smallest absolute Gasteiger partial charge is 0.123 e. The number of hydrogen-bond donors (Lipinski definition) is 0. The van der Waals surface area contributed by atoms with Crippen LogP contribution in [0.15, 0.2) is 54.9 Å². The third kappa shape index (κ3) is 3.67. The molecule has 1 nitrogen and oxygen atoms in total. The van der Waals surface area contributed by atoms with Crippen molar-refractivity contribution in [1.29, 1.82) is 0 Å². The Kier molecular flexibility index (Phi) is 4.85. The summed E-state index contributed by atoms with van der Waals surface area (Å²) in [6, 6.07) is 12.7. The monoisotopic (exact) mass is 321 g/mol. The van der Waals surface area contributed by atoms with E-state index in [1.807, 2.05) is 24.3 Å². The standard InChI is InChI=1S/C20H16FNS/c1-2-3-4-5-18-14-19(15-10-12-22-13-11-15)20(23-18)16-6-8-17(21)9-7-16/h6-14H,2-3H2,1H3. The summed E-state index contributed by atoms with van der Waals surface area (Å²) in [6.45, 7) is 2.12. The number of unbranched alkanes of at least 4 members (excludes halogenated alkanes) is 1. The van der Waals surface area contributed by atoms with Gasteiger partial charge < -0.3 is 0 Å². The van der Waals surface area contributed by atoms with Gasteiger partial charge in [0.1, 0.15) is 5.82 Å². The number of halogens is 1. The molecule has 0 aliphatic carbocycles. The van der Waals surface area contributed by atoms with Crippen molar-refractivity contribution in [2.24, 2.45) is 0 Å². The molecule has 0 aliphatic heterocycles. The summed E-state index contributed by atoms with van der Waals surface area (Å²) >= 11 is 1.65. The van der Waals surface area contributed by atoms with E-state index in [4.69, 9.17) is 0 Å². The first-order valence-electron chi connectivity index (χ1n) is 7.57. The van der Waals surface area contributed by atoms with E-state index in [0.29, 0.717) is 0 Å². The molecule has 3 heteroatoms. The molecule has 2 aromatic heterocycles. The maximum atomic E-state index is 13.2. The van der Waals surface area contributed by atoms with Gasteiger partial charge in [0.15, 0.2) is 0 Å². The zero-order valence-corrected chi connectivity index (χ0v) is 13.7. The Morgan fingerprint density at radius 3 is 2.48 bits per heavy atom. The number of aromatic nitrogens is 1. The highest BCUT2D eigenvalue weighted by Gasteiger charge is 2.12. The number of hydrogen-bond acceptors (Lipinski definition) is 2. The largest absolute Gasteiger partial charge is 0.265 e. The highest BCUT2D eigenvalue weighted by Crippen LogP contribution is 2.39. The lowest BCUT2D eigenvalue weighted by molar-refractivity contribution is 0.628. The average molecular weight is 321 g/mol. The van der Waals surface area contributed by atoms with E-state index in [1.165, 1.54) is 12.1 Å². The number of rotatable bonds is 3. The number of thiophene rings is 1. The van der Waals surface area contributed by atoms with E-state index < -0.39 is 0 Å². The second-order valence-corrected chi connectivity index (χ2v) is 6.20. The molecule has 0 unspecified atom stereocenters. The summed E-state index contributed by atoms with van der Waals surface area (Å²) in [4.78, 5) is 6.22. The maximum absolute atomic E-state index is 13.2. The zero-order chi connectivity index (χ0) is 16.1. The summed E-state index contributed by atoms with van der Waals surface area (Å²) in [7, 11) is 0. The number of nitrogens with zero attached hydrogens (tertiary/aromatic N) is 1. The molecule has 23 heavy (non-hydrogen) atoms. The van der Waals surface area contributed by atoms with Crippen LogP contribution in [0.4, 0.5) is 4.39 Å². The van der Waals surface area contributed by atoms with Crippen LogP contribution in [0.3, 0.4) is 0 Å². The maximum Gasteiger partial charge on any atom is 0.123 e. The molecule has 0 N–H and O–H groups in total. The van der Waals surface area contributed by atoms with Gasteiger partial charge in [-0.2, -0.15) is 0 Å². The molecule has 0 radical (unpaired) electrons. The minimum absolute atomic E-state index is 0.223. The third-order valence-corrected chi connectivity index (χ3v) is 4.52. The summed E-state index contributed by atoms with van der Waals surface area (Å²) in [6.07, 6.45) is 5.52. The summed E-state index contributed by atoms with van der Waals surface area (Å²) < 4.78 is 13.2. The fraction of sp³-hybridized carbons (Fsp3) is 0.150. The molecule has 3 aromatic rings. The molecule has 0 bridgehead atoms. The minimum Gasteiger partial charge on any atom is -0.265 e. The van der Waals surface area contributed by atoms with Gasteiger partial charge in [-0.15, -0.1) is 11.3 Å². The van der Waals surface area contributed by atoms with Crippen LogP contribution in [0.2, 0.25) is 0 Å². The number of benzene rings is 1. The van der Waals surface area contributed by atoms with Gasteiger partial charge in [0.2, 0.25) is 0 Å². The quantitative estimate of drug-likeness (QED) is 0.558. The van der Waals surface area contributed by atoms with E-state index in [-0.39, 0.29) is 5.82 Å². The molecule has 1 aromatic carbocycles. The second kappa shape index (κ2) is 7.21. The predicted octanol–water partition coefficient (Wildman–Crippen LogP) is 5.77. The SMILES string of the molecule is CCCC#Cc1cc(-c2ccncc2)c(-c2ccc(F)cc2)s1. The Bertz CT molecular complexity index is 839. The normalized spacial score (nSPS) is 10.2. The van der Waals surface area contributed by atoms with Gasteiger partial charge >= 0.3 is 0 Å². The summed E-state index contributed by atoms with van der Waals surface area (Å²) in [5.74, 6) is 6.20. The molecule has 2 heterocycles. The Morgan fingerprint density at radius 2 is 1.78 bits per heavy atom. The van der Waals surface area contributed by atoms with Gasteiger partial charge in [-0.3, -0.25) is 4.98 Å².